The number of ether oxygens (including phenoxy) is 1. The maximum atomic E-state index is 12.6. The highest BCUT2D eigenvalue weighted by atomic mass is 16.5. The molecule has 0 saturated carbocycles. The van der Waals surface area contributed by atoms with Gasteiger partial charge >= 0.3 is 0 Å². The van der Waals surface area contributed by atoms with Crippen LogP contribution in [-0.2, 0) is 6.54 Å². The van der Waals surface area contributed by atoms with Crippen molar-refractivity contribution < 1.29 is 9.53 Å². The van der Waals surface area contributed by atoms with Crippen LogP contribution in [-0.4, -0.2) is 23.0 Å². The fraction of sp³-hybridized carbons (Fsp3) is 0.227. The predicted molar refractivity (Wildman–Crippen MR) is 106 cm³/mol. The first kappa shape index (κ1) is 18.6. The number of nitrogens with one attached hydrogen (secondary N) is 1. The largest absolute Gasteiger partial charge is 0.496 e. The Labute approximate surface area is 159 Å². The summed E-state index contributed by atoms with van der Waals surface area (Å²) >= 11 is 0. The molecule has 5 nitrogen and oxygen atoms in total. The zero-order chi connectivity index (χ0) is 19.4. The molecule has 0 aliphatic heterocycles. The molecule has 3 rings (SSSR count). The summed E-state index contributed by atoms with van der Waals surface area (Å²) in [5.74, 6) is 0.639. The monoisotopic (exact) mass is 361 g/mol. The quantitative estimate of drug-likeness (QED) is 0.746. The number of pyridine rings is 2. The number of carbonyl (C=O) groups is 1. The van der Waals surface area contributed by atoms with E-state index in [-0.39, 0.29) is 5.91 Å². The van der Waals surface area contributed by atoms with E-state index in [0.717, 1.165) is 33.8 Å². The second kappa shape index (κ2) is 7.99. The molecule has 5 heteroatoms. The number of hydrogen-bond acceptors (Lipinski definition) is 4. The summed E-state index contributed by atoms with van der Waals surface area (Å²) in [5, 5.41) is 2.93. The van der Waals surface area contributed by atoms with Gasteiger partial charge in [-0.25, -0.2) is 0 Å². The predicted octanol–water partition coefficient (Wildman–Crippen LogP) is 4.01. The Morgan fingerprint density at radius 3 is 2.48 bits per heavy atom. The van der Waals surface area contributed by atoms with Gasteiger partial charge in [-0.2, -0.15) is 0 Å². The van der Waals surface area contributed by atoms with Crippen molar-refractivity contribution in [3.8, 4) is 17.0 Å². The minimum atomic E-state index is -0.166. The van der Waals surface area contributed by atoms with Crippen LogP contribution in [0.2, 0.25) is 0 Å². The molecular formula is C22H23N3O2. The van der Waals surface area contributed by atoms with Crippen LogP contribution in [0.15, 0.2) is 48.7 Å². The molecule has 138 valence electrons. The number of benzene rings is 1. The smallest absolute Gasteiger partial charge is 0.253 e. The molecule has 0 aliphatic carbocycles. The Kier molecular flexibility index (Phi) is 5.50. The molecule has 0 spiro atoms. The summed E-state index contributed by atoms with van der Waals surface area (Å²) in [6.07, 6.45) is 1.76. The van der Waals surface area contributed by atoms with Crippen molar-refractivity contribution in [1.29, 1.82) is 0 Å². The van der Waals surface area contributed by atoms with Crippen LogP contribution >= 0.6 is 0 Å². The van der Waals surface area contributed by atoms with Crippen molar-refractivity contribution in [3.05, 3.63) is 76.7 Å². The Morgan fingerprint density at radius 2 is 1.81 bits per heavy atom. The first-order valence-electron chi connectivity index (χ1n) is 8.81. The van der Waals surface area contributed by atoms with Crippen LogP contribution in [0.4, 0.5) is 0 Å². The third-order valence-electron chi connectivity index (χ3n) is 4.57. The third-order valence-corrected chi connectivity index (χ3v) is 4.57. The highest BCUT2D eigenvalue weighted by Crippen LogP contribution is 2.24. The average molecular weight is 361 g/mol. The van der Waals surface area contributed by atoms with Gasteiger partial charge in [-0.05, 0) is 32.9 Å². The molecule has 0 radical (unpaired) electrons. The van der Waals surface area contributed by atoms with E-state index in [2.05, 4.69) is 15.3 Å². The standard InChI is InChI=1S/C22H23N3O2/c1-14-12-23-20(15(2)21(14)27-4)13-24-22(26)18-10-11-19(25-16(18)3)17-8-6-5-7-9-17/h5-12H,13H2,1-4H3,(H,24,26). The molecule has 0 unspecified atom stereocenters. The third kappa shape index (κ3) is 3.97. The van der Waals surface area contributed by atoms with Gasteiger partial charge in [0.2, 0.25) is 0 Å². The van der Waals surface area contributed by atoms with Crippen molar-refractivity contribution in [3.63, 3.8) is 0 Å². The second-order valence-electron chi connectivity index (χ2n) is 6.42. The van der Waals surface area contributed by atoms with Crippen LogP contribution in [0, 0.1) is 20.8 Å². The minimum Gasteiger partial charge on any atom is -0.496 e. The zero-order valence-electron chi connectivity index (χ0n) is 16.0. The Bertz CT molecular complexity index is 969. The van der Waals surface area contributed by atoms with E-state index in [9.17, 15) is 4.79 Å². The van der Waals surface area contributed by atoms with Gasteiger partial charge in [0.15, 0.2) is 0 Å². The lowest BCUT2D eigenvalue weighted by molar-refractivity contribution is 0.0949. The minimum absolute atomic E-state index is 0.166. The summed E-state index contributed by atoms with van der Waals surface area (Å²) in [7, 11) is 1.64. The van der Waals surface area contributed by atoms with Crippen molar-refractivity contribution in [1.82, 2.24) is 15.3 Å². The van der Waals surface area contributed by atoms with Gasteiger partial charge in [-0.3, -0.25) is 14.8 Å². The molecule has 0 aliphatic rings. The van der Waals surface area contributed by atoms with E-state index in [4.69, 9.17) is 4.74 Å². The second-order valence-corrected chi connectivity index (χ2v) is 6.42. The maximum absolute atomic E-state index is 12.6. The number of aryl methyl sites for hydroxylation is 2. The Hall–Kier alpha value is -3.21. The van der Waals surface area contributed by atoms with Gasteiger partial charge in [-0.15, -0.1) is 0 Å². The molecule has 1 amide bonds. The summed E-state index contributed by atoms with van der Waals surface area (Å²) in [6, 6.07) is 13.6. The molecule has 0 fully saturated rings. The van der Waals surface area contributed by atoms with Gasteiger partial charge in [-0.1, -0.05) is 30.3 Å². The Morgan fingerprint density at radius 1 is 1.07 bits per heavy atom. The lowest BCUT2D eigenvalue weighted by Crippen LogP contribution is -2.25. The topological polar surface area (TPSA) is 64.1 Å². The molecule has 1 N–H and O–H groups in total. The van der Waals surface area contributed by atoms with Crippen molar-refractivity contribution in [2.75, 3.05) is 7.11 Å². The lowest BCUT2D eigenvalue weighted by Gasteiger charge is -2.13. The van der Waals surface area contributed by atoms with E-state index in [1.54, 1.807) is 13.3 Å². The molecule has 0 atom stereocenters. The molecular weight excluding hydrogens is 338 g/mol. The number of methoxy groups -OCH3 is 1. The van der Waals surface area contributed by atoms with Crippen LogP contribution in [0.5, 0.6) is 5.75 Å². The maximum Gasteiger partial charge on any atom is 0.253 e. The normalized spacial score (nSPS) is 10.5. The van der Waals surface area contributed by atoms with Gasteiger partial charge < -0.3 is 10.1 Å². The van der Waals surface area contributed by atoms with Gasteiger partial charge in [0.1, 0.15) is 5.75 Å². The number of aromatic nitrogens is 2. The van der Waals surface area contributed by atoms with E-state index in [1.165, 1.54) is 0 Å². The number of rotatable bonds is 5. The highest BCUT2D eigenvalue weighted by Gasteiger charge is 2.14. The fourth-order valence-electron chi connectivity index (χ4n) is 3.08. The summed E-state index contributed by atoms with van der Waals surface area (Å²) in [6.45, 7) is 6.08. The molecule has 0 bridgehead atoms. The van der Waals surface area contributed by atoms with E-state index >= 15 is 0 Å². The molecule has 27 heavy (non-hydrogen) atoms. The summed E-state index contributed by atoms with van der Waals surface area (Å²) in [5.41, 5.74) is 5.84. The van der Waals surface area contributed by atoms with Crippen LogP contribution < -0.4 is 10.1 Å². The van der Waals surface area contributed by atoms with Gasteiger partial charge in [0, 0.05) is 22.9 Å². The van der Waals surface area contributed by atoms with Gasteiger partial charge in [0.25, 0.3) is 5.91 Å². The van der Waals surface area contributed by atoms with Crippen LogP contribution in [0.25, 0.3) is 11.3 Å². The first-order valence-corrected chi connectivity index (χ1v) is 8.81. The molecule has 3 aromatic rings. The number of amides is 1. The molecule has 0 saturated heterocycles. The van der Waals surface area contributed by atoms with Gasteiger partial charge in [0.05, 0.1) is 36.3 Å². The number of carbonyl (C=O) groups excluding carboxylic acids is 1. The van der Waals surface area contributed by atoms with Crippen molar-refractivity contribution >= 4 is 5.91 Å². The van der Waals surface area contributed by atoms with E-state index < -0.39 is 0 Å². The summed E-state index contributed by atoms with van der Waals surface area (Å²) in [4.78, 5) is 21.6. The van der Waals surface area contributed by atoms with Crippen LogP contribution in [0.1, 0.15) is 32.9 Å². The van der Waals surface area contributed by atoms with E-state index in [1.807, 2.05) is 63.2 Å². The zero-order valence-corrected chi connectivity index (χ0v) is 16.0. The van der Waals surface area contributed by atoms with E-state index in [0.29, 0.717) is 17.8 Å². The van der Waals surface area contributed by atoms with Crippen molar-refractivity contribution in [2.45, 2.75) is 27.3 Å². The Balaban J connectivity index is 1.76. The van der Waals surface area contributed by atoms with Crippen LogP contribution in [0.3, 0.4) is 0 Å². The molecule has 2 heterocycles. The number of nitrogens with zero attached hydrogens (tertiary/aromatic N) is 2. The lowest BCUT2D eigenvalue weighted by atomic mass is 10.1. The number of hydrogen-bond donors (Lipinski definition) is 1. The van der Waals surface area contributed by atoms with Crippen molar-refractivity contribution in [2.24, 2.45) is 0 Å². The first-order chi connectivity index (χ1) is 13.0. The fourth-order valence-corrected chi connectivity index (χ4v) is 3.08. The highest BCUT2D eigenvalue weighted by molar-refractivity contribution is 5.95. The molecule has 1 aromatic carbocycles. The summed E-state index contributed by atoms with van der Waals surface area (Å²) < 4.78 is 5.42. The SMILES string of the molecule is COc1c(C)cnc(CNC(=O)c2ccc(-c3ccccc3)nc2C)c1C. The average Bonchev–Trinajstić information content (AvgIpc) is 2.68. The molecule has 2 aromatic heterocycles.